The second kappa shape index (κ2) is 6.17. The van der Waals surface area contributed by atoms with E-state index in [1.54, 1.807) is 11.3 Å². The summed E-state index contributed by atoms with van der Waals surface area (Å²) in [6.07, 6.45) is 0. The molecule has 3 nitrogen and oxygen atoms in total. The fourth-order valence-corrected chi connectivity index (χ4v) is 3.02. The van der Waals surface area contributed by atoms with Crippen molar-refractivity contribution < 1.29 is 0 Å². The highest BCUT2D eigenvalue weighted by molar-refractivity contribution is 7.16. The monoisotopic (exact) mass is 275 g/mol. The van der Waals surface area contributed by atoms with Gasteiger partial charge in [0.2, 0.25) is 0 Å². The van der Waals surface area contributed by atoms with Crippen LogP contribution in [-0.2, 0) is 6.54 Å². The molecule has 0 saturated heterocycles. The number of rotatable bonds is 5. The van der Waals surface area contributed by atoms with E-state index in [0.29, 0.717) is 12.5 Å². The van der Waals surface area contributed by atoms with E-state index >= 15 is 0 Å². The molecular formula is C15H21N3S. The Labute approximate surface area is 119 Å². The summed E-state index contributed by atoms with van der Waals surface area (Å²) in [6.45, 7) is 5.97. The van der Waals surface area contributed by atoms with Crippen LogP contribution >= 0.6 is 11.3 Å². The number of hydrogen-bond donors (Lipinski definition) is 1. The van der Waals surface area contributed by atoms with E-state index in [9.17, 15) is 0 Å². The smallest absolute Gasteiger partial charge is 0.185 e. The van der Waals surface area contributed by atoms with Gasteiger partial charge in [-0.1, -0.05) is 55.5 Å². The van der Waals surface area contributed by atoms with Crippen LogP contribution in [0, 0.1) is 5.92 Å². The van der Waals surface area contributed by atoms with Crippen LogP contribution in [0.3, 0.4) is 0 Å². The Morgan fingerprint density at radius 1 is 1.26 bits per heavy atom. The molecule has 0 unspecified atom stereocenters. The maximum Gasteiger partial charge on any atom is 0.185 e. The van der Waals surface area contributed by atoms with Gasteiger partial charge in [-0.25, -0.2) is 4.98 Å². The van der Waals surface area contributed by atoms with Gasteiger partial charge in [-0.2, -0.15) is 0 Å². The normalized spacial score (nSPS) is 11.0. The Hall–Kier alpha value is -1.39. The molecule has 0 amide bonds. The molecular weight excluding hydrogens is 254 g/mol. The third-order valence-corrected chi connectivity index (χ3v) is 4.08. The first-order valence-electron chi connectivity index (χ1n) is 6.58. The second-order valence-electron chi connectivity index (χ2n) is 5.11. The maximum atomic E-state index is 5.85. The number of hydrogen-bond acceptors (Lipinski definition) is 4. The van der Waals surface area contributed by atoms with Gasteiger partial charge in [0.05, 0.1) is 5.69 Å². The SMILES string of the molecule is CC(C)CN(C)c1nc(-c2ccccc2)c(CN)s1. The zero-order valence-electron chi connectivity index (χ0n) is 11.8. The summed E-state index contributed by atoms with van der Waals surface area (Å²) in [5.74, 6) is 0.621. The summed E-state index contributed by atoms with van der Waals surface area (Å²) in [5, 5.41) is 1.05. The standard InChI is InChI=1S/C15H21N3S/c1-11(2)10-18(3)15-17-14(13(9-16)19-15)12-7-5-4-6-8-12/h4-8,11H,9-10,16H2,1-3H3. The fourth-order valence-electron chi connectivity index (χ4n) is 2.09. The molecule has 1 aromatic carbocycles. The van der Waals surface area contributed by atoms with Gasteiger partial charge in [0.25, 0.3) is 0 Å². The highest BCUT2D eigenvalue weighted by atomic mass is 32.1. The largest absolute Gasteiger partial charge is 0.351 e. The van der Waals surface area contributed by atoms with Crippen molar-refractivity contribution in [3.05, 3.63) is 35.2 Å². The van der Waals surface area contributed by atoms with E-state index < -0.39 is 0 Å². The van der Waals surface area contributed by atoms with Crippen LogP contribution in [0.15, 0.2) is 30.3 Å². The molecule has 0 spiro atoms. The summed E-state index contributed by atoms with van der Waals surface area (Å²) in [5.41, 5.74) is 8.02. The van der Waals surface area contributed by atoms with E-state index in [0.717, 1.165) is 27.8 Å². The molecule has 0 aliphatic heterocycles. The Balaban J connectivity index is 2.33. The lowest BCUT2D eigenvalue weighted by Gasteiger charge is -2.17. The Kier molecular flexibility index (Phi) is 4.56. The van der Waals surface area contributed by atoms with Crippen molar-refractivity contribution in [2.24, 2.45) is 11.7 Å². The van der Waals surface area contributed by atoms with Crippen LogP contribution < -0.4 is 10.6 Å². The lowest BCUT2D eigenvalue weighted by molar-refractivity contribution is 0.637. The summed E-state index contributed by atoms with van der Waals surface area (Å²) in [7, 11) is 2.09. The number of anilines is 1. The highest BCUT2D eigenvalue weighted by Crippen LogP contribution is 2.32. The Morgan fingerprint density at radius 2 is 1.95 bits per heavy atom. The Morgan fingerprint density at radius 3 is 2.53 bits per heavy atom. The number of nitrogens with zero attached hydrogens (tertiary/aromatic N) is 2. The van der Waals surface area contributed by atoms with E-state index in [4.69, 9.17) is 10.7 Å². The molecule has 0 aliphatic carbocycles. The zero-order chi connectivity index (χ0) is 13.8. The van der Waals surface area contributed by atoms with Crippen molar-refractivity contribution in [1.82, 2.24) is 4.98 Å². The van der Waals surface area contributed by atoms with E-state index in [2.05, 4.69) is 37.9 Å². The summed E-state index contributed by atoms with van der Waals surface area (Å²) >= 11 is 1.69. The van der Waals surface area contributed by atoms with Gasteiger partial charge in [0.1, 0.15) is 0 Å². The molecule has 0 aliphatic rings. The van der Waals surface area contributed by atoms with Crippen molar-refractivity contribution in [3.63, 3.8) is 0 Å². The van der Waals surface area contributed by atoms with Gasteiger partial charge in [0, 0.05) is 30.6 Å². The van der Waals surface area contributed by atoms with Crippen LogP contribution in [0.5, 0.6) is 0 Å². The summed E-state index contributed by atoms with van der Waals surface area (Å²) in [4.78, 5) is 8.13. The predicted octanol–water partition coefficient (Wildman–Crippen LogP) is 3.36. The first-order valence-corrected chi connectivity index (χ1v) is 7.39. The number of nitrogens with two attached hydrogens (primary N) is 1. The molecule has 1 heterocycles. The molecule has 19 heavy (non-hydrogen) atoms. The first-order chi connectivity index (χ1) is 9.11. The topological polar surface area (TPSA) is 42.2 Å². The molecule has 0 saturated carbocycles. The average Bonchev–Trinajstić information content (AvgIpc) is 2.83. The number of benzene rings is 1. The summed E-state index contributed by atoms with van der Waals surface area (Å²) < 4.78 is 0. The minimum atomic E-state index is 0.539. The predicted molar refractivity (Wildman–Crippen MR) is 83.5 cm³/mol. The van der Waals surface area contributed by atoms with E-state index in [1.165, 1.54) is 0 Å². The number of thiazole rings is 1. The fraction of sp³-hybridized carbons (Fsp3) is 0.400. The van der Waals surface area contributed by atoms with Crippen LogP contribution in [0.2, 0.25) is 0 Å². The number of aromatic nitrogens is 1. The van der Waals surface area contributed by atoms with E-state index in [1.807, 2.05) is 18.2 Å². The minimum absolute atomic E-state index is 0.539. The molecule has 0 radical (unpaired) electrons. The van der Waals surface area contributed by atoms with E-state index in [-0.39, 0.29) is 0 Å². The molecule has 2 aromatic rings. The second-order valence-corrected chi connectivity index (χ2v) is 6.17. The van der Waals surface area contributed by atoms with Crippen LogP contribution in [-0.4, -0.2) is 18.6 Å². The minimum Gasteiger partial charge on any atom is -0.351 e. The van der Waals surface area contributed by atoms with Crippen molar-refractivity contribution in [1.29, 1.82) is 0 Å². The molecule has 4 heteroatoms. The quantitative estimate of drug-likeness (QED) is 0.909. The van der Waals surface area contributed by atoms with Gasteiger partial charge < -0.3 is 10.6 Å². The Bertz CT molecular complexity index is 519. The lowest BCUT2D eigenvalue weighted by Crippen LogP contribution is -2.22. The maximum absolute atomic E-state index is 5.85. The van der Waals surface area contributed by atoms with Gasteiger partial charge in [0.15, 0.2) is 5.13 Å². The molecule has 0 atom stereocenters. The first kappa shape index (κ1) is 14.0. The molecule has 1 aromatic heterocycles. The molecule has 2 N–H and O–H groups in total. The van der Waals surface area contributed by atoms with Crippen molar-refractivity contribution in [3.8, 4) is 11.3 Å². The molecule has 0 fully saturated rings. The highest BCUT2D eigenvalue weighted by Gasteiger charge is 2.14. The van der Waals surface area contributed by atoms with Crippen LogP contribution in [0.4, 0.5) is 5.13 Å². The summed E-state index contributed by atoms with van der Waals surface area (Å²) in [6, 6.07) is 10.3. The zero-order valence-corrected chi connectivity index (χ0v) is 12.6. The van der Waals surface area contributed by atoms with Crippen molar-refractivity contribution in [2.45, 2.75) is 20.4 Å². The molecule has 102 valence electrons. The van der Waals surface area contributed by atoms with Crippen molar-refractivity contribution >= 4 is 16.5 Å². The molecule has 2 rings (SSSR count). The van der Waals surface area contributed by atoms with Gasteiger partial charge >= 0.3 is 0 Å². The lowest BCUT2D eigenvalue weighted by atomic mass is 10.1. The van der Waals surface area contributed by atoms with Crippen LogP contribution in [0.25, 0.3) is 11.3 Å². The third kappa shape index (κ3) is 3.33. The molecule has 0 bridgehead atoms. The van der Waals surface area contributed by atoms with Gasteiger partial charge in [-0.3, -0.25) is 0 Å². The van der Waals surface area contributed by atoms with Crippen molar-refractivity contribution in [2.75, 3.05) is 18.5 Å². The van der Waals surface area contributed by atoms with Crippen LogP contribution in [0.1, 0.15) is 18.7 Å². The average molecular weight is 275 g/mol. The van der Waals surface area contributed by atoms with Gasteiger partial charge in [-0.05, 0) is 5.92 Å². The third-order valence-electron chi connectivity index (χ3n) is 2.88. The van der Waals surface area contributed by atoms with Gasteiger partial charge in [-0.15, -0.1) is 0 Å².